The van der Waals surface area contributed by atoms with Crippen molar-refractivity contribution in [3.05, 3.63) is 24.3 Å². The van der Waals surface area contributed by atoms with Gasteiger partial charge in [-0.3, -0.25) is 0 Å². The van der Waals surface area contributed by atoms with Gasteiger partial charge in [0.05, 0.1) is 12.1 Å². The second kappa shape index (κ2) is 4.73. The van der Waals surface area contributed by atoms with Crippen molar-refractivity contribution in [2.75, 3.05) is 12.8 Å². The van der Waals surface area contributed by atoms with Crippen LogP contribution in [-0.4, -0.2) is 32.9 Å². The van der Waals surface area contributed by atoms with E-state index in [1.54, 1.807) is 11.8 Å². The monoisotopic (exact) mass is 247 g/mol. The minimum absolute atomic E-state index is 0.340. The fourth-order valence-corrected chi connectivity index (χ4v) is 1.63. The molecular weight excluding hydrogens is 230 g/mol. The molecule has 1 aromatic heterocycles. The smallest absolute Gasteiger partial charge is 0.184 e. The van der Waals surface area contributed by atoms with E-state index in [0.29, 0.717) is 18.1 Å². The van der Waals surface area contributed by atoms with Crippen LogP contribution in [0.15, 0.2) is 24.3 Å². The zero-order valence-corrected chi connectivity index (χ0v) is 10.8. The summed E-state index contributed by atoms with van der Waals surface area (Å²) in [5.41, 5.74) is 7.08. The summed E-state index contributed by atoms with van der Waals surface area (Å²) in [4.78, 5) is 0. The molecule has 0 atom stereocenters. The van der Waals surface area contributed by atoms with Crippen molar-refractivity contribution in [2.45, 2.75) is 26.0 Å². The van der Waals surface area contributed by atoms with Gasteiger partial charge in [0.2, 0.25) is 0 Å². The van der Waals surface area contributed by atoms with Crippen molar-refractivity contribution in [1.82, 2.24) is 20.2 Å². The van der Waals surface area contributed by atoms with E-state index < -0.39 is 0 Å². The van der Waals surface area contributed by atoms with Crippen LogP contribution < -0.4 is 5.73 Å². The van der Waals surface area contributed by atoms with E-state index >= 15 is 0 Å². The number of hydrogen-bond acceptors (Lipinski definition) is 5. The van der Waals surface area contributed by atoms with Crippen LogP contribution in [0, 0.1) is 0 Å². The average molecular weight is 247 g/mol. The lowest BCUT2D eigenvalue weighted by Crippen LogP contribution is -2.30. The summed E-state index contributed by atoms with van der Waals surface area (Å²) in [6, 6.07) is 7.52. The lowest BCUT2D eigenvalue weighted by atomic mass is 10.1. The molecule has 0 bridgehead atoms. The predicted molar refractivity (Wildman–Crippen MR) is 68.8 cm³/mol. The number of nitrogens with zero attached hydrogens (tertiary/aromatic N) is 4. The number of tetrazole rings is 1. The number of ether oxygens (including phenoxy) is 1. The third-order valence-electron chi connectivity index (χ3n) is 2.82. The van der Waals surface area contributed by atoms with Gasteiger partial charge in [-0.2, -0.15) is 0 Å². The van der Waals surface area contributed by atoms with Gasteiger partial charge in [0, 0.05) is 18.4 Å². The molecule has 96 valence electrons. The third kappa shape index (κ3) is 2.48. The molecule has 6 heteroatoms. The summed E-state index contributed by atoms with van der Waals surface area (Å²) in [5.74, 6) is 0.651. The molecule has 0 spiro atoms. The maximum atomic E-state index is 5.94. The van der Waals surface area contributed by atoms with Gasteiger partial charge in [-0.25, -0.2) is 4.68 Å². The molecule has 1 aromatic carbocycles. The largest absolute Gasteiger partial charge is 0.398 e. The SMILES string of the molecule is COC(C)(C)Cn1nnnc1-c1ccccc1N. The minimum Gasteiger partial charge on any atom is -0.398 e. The van der Waals surface area contributed by atoms with Crippen LogP contribution in [0.4, 0.5) is 5.69 Å². The third-order valence-corrected chi connectivity index (χ3v) is 2.82. The highest BCUT2D eigenvalue weighted by Gasteiger charge is 2.21. The van der Waals surface area contributed by atoms with Gasteiger partial charge in [0.1, 0.15) is 0 Å². The molecular formula is C12H17N5O. The Morgan fingerprint density at radius 2 is 2.06 bits per heavy atom. The number of rotatable bonds is 4. The van der Waals surface area contributed by atoms with Crippen molar-refractivity contribution >= 4 is 5.69 Å². The van der Waals surface area contributed by atoms with Crippen LogP contribution in [0.2, 0.25) is 0 Å². The number of hydrogen-bond donors (Lipinski definition) is 1. The Kier molecular flexibility index (Phi) is 3.29. The predicted octanol–water partition coefficient (Wildman–Crippen LogP) is 1.35. The molecule has 0 aliphatic carbocycles. The fourth-order valence-electron chi connectivity index (χ4n) is 1.63. The van der Waals surface area contributed by atoms with Gasteiger partial charge in [-0.15, -0.1) is 5.10 Å². The van der Waals surface area contributed by atoms with Crippen LogP contribution >= 0.6 is 0 Å². The van der Waals surface area contributed by atoms with Crippen molar-refractivity contribution in [2.24, 2.45) is 0 Å². The highest BCUT2D eigenvalue weighted by molar-refractivity contribution is 5.70. The Hall–Kier alpha value is -1.95. The standard InChI is InChI=1S/C12H17N5O/c1-12(2,18-3)8-17-11(14-15-16-17)9-6-4-5-7-10(9)13/h4-7H,8,13H2,1-3H3. The van der Waals surface area contributed by atoms with E-state index in [4.69, 9.17) is 10.5 Å². The molecule has 0 saturated carbocycles. The Balaban J connectivity index is 2.37. The number of aromatic nitrogens is 4. The van der Waals surface area contributed by atoms with Gasteiger partial charge in [-0.1, -0.05) is 12.1 Å². The summed E-state index contributed by atoms with van der Waals surface area (Å²) in [5, 5.41) is 11.7. The van der Waals surface area contributed by atoms with Crippen LogP contribution in [-0.2, 0) is 11.3 Å². The fraction of sp³-hybridized carbons (Fsp3) is 0.417. The average Bonchev–Trinajstić information content (AvgIpc) is 2.77. The van der Waals surface area contributed by atoms with Crippen molar-refractivity contribution in [3.63, 3.8) is 0 Å². The quantitative estimate of drug-likeness (QED) is 0.825. The Morgan fingerprint density at radius 3 is 2.72 bits per heavy atom. The van der Waals surface area contributed by atoms with Gasteiger partial charge in [0.25, 0.3) is 0 Å². The first-order chi connectivity index (χ1) is 8.53. The molecule has 18 heavy (non-hydrogen) atoms. The first-order valence-electron chi connectivity index (χ1n) is 5.70. The van der Waals surface area contributed by atoms with Gasteiger partial charge >= 0.3 is 0 Å². The lowest BCUT2D eigenvalue weighted by molar-refractivity contribution is 0.00539. The molecule has 0 aliphatic heterocycles. The van der Waals surface area contributed by atoms with Gasteiger partial charge in [-0.05, 0) is 36.4 Å². The molecule has 0 amide bonds. The molecule has 0 aliphatic rings. The van der Waals surface area contributed by atoms with E-state index in [9.17, 15) is 0 Å². The van der Waals surface area contributed by atoms with Crippen LogP contribution in [0.5, 0.6) is 0 Å². The molecule has 0 radical (unpaired) electrons. The molecule has 0 saturated heterocycles. The topological polar surface area (TPSA) is 78.8 Å². The van der Waals surface area contributed by atoms with Crippen LogP contribution in [0.1, 0.15) is 13.8 Å². The van der Waals surface area contributed by atoms with E-state index in [-0.39, 0.29) is 5.60 Å². The maximum absolute atomic E-state index is 5.94. The number of para-hydroxylation sites is 1. The highest BCUT2D eigenvalue weighted by atomic mass is 16.5. The van der Waals surface area contributed by atoms with Crippen molar-refractivity contribution in [3.8, 4) is 11.4 Å². The first-order valence-corrected chi connectivity index (χ1v) is 5.70. The summed E-state index contributed by atoms with van der Waals surface area (Å²) in [6.07, 6.45) is 0. The molecule has 2 rings (SSSR count). The number of methoxy groups -OCH3 is 1. The Labute approximate surface area is 106 Å². The summed E-state index contributed by atoms with van der Waals surface area (Å²) in [6.45, 7) is 4.51. The minimum atomic E-state index is -0.340. The normalized spacial score (nSPS) is 11.7. The van der Waals surface area contributed by atoms with E-state index in [0.717, 1.165) is 5.56 Å². The lowest BCUT2D eigenvalue weighted by Gasteiger charge is -2.22. The van der Waals surface area contributed by atoms with Gasteiger partial charge < -0.3 is 10.5 Å². The zero-order chi connectivity index (χ0) is 13.2. The van der Waals surface area contributed by atoms with Crippen LogP contribution in [0.3, 0.4) is 0 Å². The second-order valence-corrected chi connectivity index (χ2v) is 4.71. The summed E-state index contributed by atoms with van der Waals surface area (Å²) >= 11 is 0. The zero-order valence-electron chi connectivity index (χ0n) is 10.8. The maximum Gasteiger partial charge on any atom is 0.184 e. The molecule has 2 aromatic rings. The molecule has 0 fully saturated rings. The molecule has 1 heterocycles. The number of nitrogen functional groups attached to an aromatic ring is 1. The molecule has 0 unspecified atom stereocenters. The van der Waals surface area contributed by atoms with E-state index in [2.05, 4.69) is 15.5 Å². The highest BCUT2D eigenvalue weighted by Crippen LogP contribution is 2.24. The van der Waals surface area contributed by atoms with E-state index in [1.807, 2.05) is 38.1 Å². The molecule has 6 nitrogen and oxygen atoms in total. The second-order valence-electron chi connectivity index (χ2n) is 4.71. The Morgan fingerprint density at radius 1 is 1.33 bits per heavy atom. The molecule has 2 N–H and O–H groups in total. The number of nitrogens with two attached hydrogens (primary N) is 1. The van der Waals surface area contributed by atoms with Gasteiger partial charge in [0.15, 0.2) is 5.82 Å². The van der Waals surface area contributed by atoms with Crippen LogP contribution in [0.25, 0.3) is 11.4 Å². The summed E-state index contributed by atoms with van der Waals surface area (Å²) < 4.78 is 7.09. The number of benzene rings is 1. The summed E-state index contributed by atoms with van der Waals surface area (Å²) in [7, 11) is 1.67. The Bertz CT molecular complexity index is 535. The first kappa shape index (κ1) is 12.5. The van der Waals surface area contributed by atoms with E-state index in [1.165, 1.54) is 0 Å². The van der Waals surface area contributed by atoms with Crippen molar-refractivity contribution < 1.29 is 4.74 Å². The van der Waals surface area contributed by atoms with Crippen molar-refractivity contribution in [1.29, 1.82) is 0 Å². The number of anilines is 1.